The minimum atomic E-state index is -0.588. The van der Waals surface area contributed by atoms with E-state index < -0.39 is 17.2 Å². The van der Waals surface area contributed by atoms with Crippen molar-refractivity contribution in [1.82, 2.24) is 9.55 Å². The summed E-state index contributed by atoms with van der Waals surface area (Å²) in [5.74, 6) is -0.450. The normalized spacial score (nSPS) is 11.0. The van der Waals surface area contributed by atoms with Crippen molar-refractivity contribution in [2.45, 2.75) is 123 Å². The van der Waals surface area contributed by atoms with Gasteiger partial charge in [0.05, 0.1) is 6.61 Å². The molecule has 0 saturated heterocycles. The molecule has 1 aromatic rings. The van der Waals surface area contributed by atoms with E-state index >= 15 is 0 Å². The maximum absolute atomic E-state index is 11.8. The van der Waals surface area contributed by atoms with Crippen LogP contribution < -0.4 is 11.2 Å². The summed E-state index contributed by atoms with van der Waals surface area (Å²) in [5, 5.41) is 0. The number of rotatable bonds is 19. The van der Waals surface area contributed by atoms with Crippen LogP contribution in [0.5, 0.6) is 0 Å². The molecule has 6 heteroatoms. The summed E-state index contributed by atoms with van der Waals surface area (Å²) in [7, 11) is 0. The molecule has 31 heavy (non-hydrogen) atoms. The van der Waals surface area contributed by atoms with Gasteiger partial charge in [-0.15, -0.1) is 0 Å². The Morgan fingerprint density at radius 3 is 1.74 bits per heavy atom. The van der Waals surface area contributed by atoms with Crippen molar-refractivity contribution in [3.63, 3.8) is 0 Å². The van der Waals surface area contributed by atoms with Gasteiger partial charge in [-0.2, -0.15) is 0 Å². The summed E-state index contributed by atoms with van der Waals surface area (Å²) in [5.41, 5.74) is -0.622. The van der Waals surface area contributed by atoms with E-state index in [1.54, 1.807) is 6.92 Å². The lowest BCUT2D eigenvalue weighted by Crippen LogP contribution is -2.33. The number of ether oxygens (including phenoxy) is 1. The second-order valence-corrected chi connectivity index (χ2v) is 8.72. The van der Waals surface area contributed by atoms with Gasteiger partial charge < -0.3 is 4.74 Å². The van der Waals surface area contributed by atoms with Crippen molar-refractivity contribution in [3.8, 4) is 0 Å². The molecule has 1 rings (SSSR count). The number of aromatic amines is 1. The molecule has 6 nitrogen and oxygen atoms in total. The first kappa shape index (κ1) is 27.2. The molecule has 0 atom stereocenters. The van der Waals surface area contributed by atoms with Crippen molar-refractivity contribution in [1.29, 1.82) is 0 Å². The quantitative estimate of drug-likeness (QED) is 0.224. The Hall–Kier alpha value is -1.85. The molecule has 0 bridgehead atoms. The number of carbonyl (C=O) groups is 1. The van der Waals surface area contributed by atoms with Crippen LogP contribution >= 0.6 is 0 Å². The van der Waals surface area contributed by atoms with E-state index in [1.807, 2.05) is 0 Å². The van der Waals surface area contributed by atoms with Crippen LogP contribution in [0.4, 0.5) is 0 Å². The van der Waals surface area contributed by atoms with E-state index in [9.17, 15) is 14.4 Å². The van der Waals surface area contributed by atoms with Crippen LogP contribution in [0.15, 0.2) is 15.8 Å². The maximum Gasteiger partial charge on any atom is 0.328 e. The second-order valence-electron chi connectivity index (χ2n) is 8.72. The predicted molar refractivity (Wildman–Crippen MR) is 127 cm³/mol. The number of aryl methyl sites for hydroxylation is 1. The fraction of sp³-hybridized carbons (Fsp3) is 0.800. The topological polar surface area (TPSA) is 81.2 Å². The summed E-state index contributed by atoms with van der Waals surface area (Å²) in [6.07, 6.45) is 22.3. The molecule has 0 aliphatic heterocycles. The largest absolute Gasteiger partial charge is 0.464 e. The smallest absolute Gasteiger partial charge is 0.328 e. The van der Waals surface area contributed by atoms with Gasteiger partial charge in [0, 0.05) is 11.8 Å². The average Bonchev–Trinajstić information content (AvgIpc) is 2.74. The zero-order valence-corrected chi connectivity index (χ0v) is 19.9. The Bertz CT molecular complexity index is 708. The second kappa shape index (κ2) is 17.8. The first-order valence-corrected chi connectivity index (χ1v) is 12.5. The molecule has 0 saturated carbocycles. The van der Waals surface area contributed by atoms with Crippen molar-refractivity contribution in [2.24, 2.45) is 0 Å². The Morgan fingerprint density at radius 2 is 1.26 bits per heavy atom. The average molecular weight is 437 g/mol. The molecule has 1 N–H and O–H groups in total. The summed E-state index contributed by atoms with van der Waals surface area (Å²) >= 11 is 0. The van der Waals surface area contributed by atoms with Crippen molar-refractivity contribution in [3.05, 3.63) is 32.6 Å². The Balaban J connectivity index is 1.88. The monoisotopic (exact) mass is 436 g/mol. The van der Waals surface area contributed by atoms with Crippen LogP contribution in [0.2, 0.25) is 0 Å². The van der Waals surface area contributed by atoms with Gasteiger partial charge in [-0.3, -0.25) is 19.1 Å². The summed E-state index contributed by atoms with van der Waals surface area (Å²) in [6.45, 7) is 4.07. The van der Waals surface area contributed by atoms with Gasteiger partial charge in [0.1, 0.15) is 6.54 Å². The lowest BCUT2D eigenvalue weighted by atomic mass is 10.0. The molecule has 0 aliphatic rings. The first-order chi connectivity index (χ1) is 15.0. The number of nitrogens with one attached hydrogen (secondary N) is 1. The number of unbranched alkanes of at least 4 members (excludes halogenated alkanes) is 15. The number of hydrogen-bond acceptors (Lipinski definition) is 4. The molecule has 178 valence electrons. The van der Waals surface area contributed by atoms with Crippen molar-refractivity contribution >= 4 is 5.97 Å². The Kier molecular flexibility index (Phi) is 15.6. The molecule has 0 spiro atoms. The van der Waals surface area contributed by atoms with Gasteiger partial charge in [0.2, 0.25) is 0 Å². The number of esters is 1. The zero-order valence-electron chi connectivity index (χ0n) is 19.9. The van der Waals surface area contributed by atoms with Gasteiger partial charge in [-0.05, 0) is 13.3 Å². The van der Waals surface area contributed by atoms with Crippen LogP contribution in [-0.2, 0) is 16.1 Å². The molecular formula is C25H44N2O4. The highest BCUT2D eigenvalue weighted by Gasteiger charge is 2.07. The number of nitrogens with zero attached hydrogens (tertiary/aromatic N) is 1. The Labute approximate surface area is 187 Å². The van der Waals surface area contributed by atoms with Crippen molar-refractivity contribution < 1.29 is 9.53 Å². The third kappa shape index (κ3) is 13.9. The van der Waals surface area contributed by atoms with Gasteiger partial charge >= 0.3 is 11.7 Å². The number of aromatic nitrogens is 2. The standard InChI is InChI=1S/C25H44N2O4/c1-3-4-5-6-7-8-9-10-11-12-13-14-15-16-17-18-19-31-23(28)21-27-20-22(2)24(29)26-25(27)30/h20H,3-19,21H2,1-2H3,(H,26,29,30). The van der Waals surface area contributed by atoms with Crippen LogP contribution in [0.1, 0.15) is 115 Å². The number of hydrogen-bond donors (Lipinski definition) is 1. The molecule has 0 aromatic carbocycles. The zero-order chi connectivity index (χ0) is 22.7. The van der Waals surface area contributed by atoms with E-state index in [4.69, 9.17) is 4.74 Å². The number of H-pyrrole nitrogens is 1. The molecule has 0 fully saturated rings. The summed E-state index contributed by atoms with van der Waals surface area (Å²) in [6, 6.07) is 0. The predicted octanol–water partition coefficient (Wildman–Crippen LogP) is 5.65. The molecule has 0 amide bonds. The summed E-state index contributed by atoms with van der Waals surface area (Å²) < 4.78 is 6.37. The fourth-order valence-electron chi connectivity index (χ4n) is 3.76. The lowest BCUT2D eigenvalue weighted by Gasteiger charge is -2.07. The third-order valence-electron chi connectivity index (χ3n) is 5.75. The highest BCUT2D eigenvalue weighted by molar-refractivity contribution is 5.69. The minimum Gasteiger partial charge on any atom is -0.464 e. The summed E-state index contributed by atoms with van der Waals surface area (Å²) in [4.78, 5) is 37.0. The first-order valence-electron chi connectivity index (χ1n) is 12.5. The Morgan fingerprint density at radius 1 is 0.806 bits per heavy atom. The third-order valence-corrected chi connectivity index (χ3v) is 5.75. The molecule has 0 radical (unpaired) electrons. The van der Waals surface area contributed by atoms with Crippen LogP contribution in [0.3, 0.4) is 0 Å². The highest BCUT2D eigenvalue weighted by atomic mass is 16.5. The molecular weight excluding hydrogens is 392 g/mol. The van der Waals surface area contributed by atoms with Crippen LogP contribution in [0, 0.1) is 6.92 Å². The van der Waals surface area contributed by atoms with Crippen LogP contribution in [0.25, 0.3) is 0 Å². The SMILES string of the molecule is CCCCCCCCCCCCCCCCCCOC(=O)Cn1cc(C)c(=O)[nH]c1=O. The van der Waals surface area contributed by atoms with E-state index in [0.29, 0.717) is 12.2 Å². The van der Waals surface area contributed by atoms with Gasteiger partial charge in [-0.1, -0.05) is 103 Å². The van der Waals surface area contributed by atoms with E-state index in [1.165, 1.54) is 101 Å². The maximum atomic E-state index is 11.8. The van der Waals surface area contributed by atoms with Crippen LogP contribution in [-0.4, -0.2) is 22.1 Å². The van der Waals surface area contributed by atoms with E-state index in [0.717, 1.165) is 12.8 Å². The molecule has 0 unspecified atom stereocenters. The fourth-order valence-corrected chi connectivity index (χ4v) is 3.76. The van der Waals surface area contributed by atoms with Gasteiger partial charge in [0.25, 0.3) is 5.56 Å². The van der Waals surface area contributed by atoms with E-state index in [2.05, 4.69) is 11.9 Å². The lowest BCUT2D eigenvalue weighted by molar-refractivity contribution is -0.144. The molecule has 1 aromatic heterocycles. The molecule has 0 aliphatic carbocycles. The highest BCUT2D eigenvalue weighted by Crippen LogP contribution is 2.13. The van der Waals surface area contributed by atoms with E-state index in [-0.39, 0.29) is 6.54 Å². The van der Waals surface area contributed by atoms with Gasteiger partial charge in [0.15, 0.2) is 0 Å². The van der Waals surface area contributed by atoms with Crippen molar-refractivity contribution in [2.75, 3.05) is 6.61 Å². The number of carbonyl (C=O) groups excluding carboxylic acids is 1. The van der Waals surface area contributed by atoms with Gasteiger partial charge in [-0.25, -0.2) is 4.79 Å². The molecule has 1 heterocycles. The minimum absolute atomic E-state index is 0.171.